The molecule has 0 radical (unpaired) electrons. The zero-order valence-electron chi connectivity index (χ0n) is 15.5. The smallest absolute Gasteiger partial charge is 0.355 e. The Hall–Kier alpha value is -3.16. The number of carbonyl (C=O) groups excluding carboxylic acids is 3. The van der Waals surface area contributed by atoms with Gasteiger partial charge in [-0.25, -0.2) is 14.0 Å². The minimum Gasteiger partial charge on any atom is -0.494 e. The average molecular weight is 377 g/mol. The lowest BCUT2D eigenvalue weighted by Crippen LogP contribution is -2.15. The van der Waals surface area contributed by atoms with E-state index < -0.39 is 30.1 Å². The summed E-state index contributed by atoms with van der Waals surface area (Å²) >= 11 is 0. The summed E-state index contributed by atoms with van der Waals surface area (Å²) in [6, 6.07) is 3.71. The lowest BCUT2D eigenvalue weighted by Gasteiger charge is -2.06. The molecule has 0 unspecified atom stereocenters. The number of H-pyrrole nitrogens is 1. The molecule has 0 aliphatic heterocycles. The van der Waals surface area contributed by atoms with Crippen LogP contribution in [0.3, 0.4) is 0 Å². The number of hydrogen-bond donors (Lipinski definition) is 1. The molecule has 0 spiro atoms. The molecule has 0 saturated carbocycles. The van der Waals surface area contributed by atoms with Gasteiger partial charge in [0, 0.05) is 11.3 Å². The van der Waals surface area contributed by atoms with E-state index in [0.29, 0.717) is 17.7 Å². The molecule has 0 atom stereocenters. The fraction of sp³-hybridized carbons (Fsp3) is 0.316. The molecule has 0 amide bonds. The average Bonchev–Trinajstić information content (AvgIpc) is 3.01. The van der Waals surface area contributed by atoms with Crippen molar-refractivity contribution in [2.45, 2.75) is 20.3 Å². The van der Waals surface area contributed by atoms with Gasteiger partial charge in [-0.3, -0.25) is 4.79 Å². The van der Waals surface area contributed by atoms with Crippen LogP contribution in [0.2, 0.25) is 0 Å². The highest BCUT2D eigenvalue weighted by atomic mass is 19.1. The van der Waals surface area contributed by atoms with Crippen molar-refractivity contribution in [2.75, 3.05) is 20.8 Å². The van der Waals surface area contributed by atoms with E-state index in [4.69, 9.17) is 14.2 Å². The summed E-state index contributed by atoms with van der Waals surface area (Å²) in [5.41, 5.74) is 1.31. The monoisotopic (exact) mass is 377 g/mol. The Labute approximate surface area is 155 Å². The van der Waals surface area contributed by atoms with Gasteiger partial charge in [-0.2, -0.15) is 0 Å². The number of ether oxygens (including phenoxy) is 3. The van der Waals surface area contributed by atoms with E-state index >= 15 is 0 Å². The number of aromatic nitrogens is 1. The number of hydrogen-bond acceptors (Lipinski definition) is 6. The fourth-order valence-electron chi connectivity index (χ4n) is 2.63. The number of esters is 2. The highest BCUT2D eigenvalue weighted by Crippen LogP contribution is 2.21. The van der Waals surface area contributed by atoms with E-state index in [0.717, 1.165) is 6.07 Å². The molecule has 0 aliphatic carbocycles. The molecule has 1 heterocycles. The third-order valence-electron chi connectivity index (χ3n) is 4.08. The maximum atomic E-state index is 13.7. The Morgan fingerprint density at radius 3 is 2.41 bits per heavy atom. The maximum absolute atomic E-state index is 13.7. The summed E-state index contributed by atoms with van der Waals surface area (Å²) < 4.78 is 28.2. The summed E-state index contributed by atoms with van der Waals surface area (Å²) in [7, 11) is 2.56. The van der Waals surface area contributed by atoms with Gasteiger partial charge in [0.1, 0.15) is 5.69 Å². The van der Waals surface area contributed by atoms with Crippen molar-refractivity contribution in [3.05, 3.63) is 52.1 Å². The third-order valence-corrected chi connectivity index (χ3v) is 4.08. The summed E-state index contributed by atoms with van der Waals surface area (Å²) in [5.74, 6) is -2.61. The van der Waals surface area contributed by atoms with Crippen molar-refractivity contribution >= 4 is 17.7 Å². The van der Waals surface area contributed by atoms with Crippen LogP contribution in [0.4, 0.5) is 4.39 Å². The van der Waals surface area contributed by atoms with Crippen molar-refractivity contribution in [2.24, 2.45) is 0 Å². The first-order valence-electron chi connectivity index (χ1n) is 8.17. The van der Waals surface area contributed by atoms with E-state index in [1.54, 1.807) is 6.92 Å². The molecule has 144 valence electrons. The van der Waals surface area contributed by atoms with Crippen LogP contribution < -0.4 is 4.74 Å². The second-order valence-corrected chi connectivity index (χ2v) is 5.67. The van der Waals surface area contributed by atoms with Gasteiger partial charge < -0.3 is 19.2 Å². The molecule has 8 heteroatoms. The van der Waals surface area contributed by atoms with Gasteiger partial charge in [-0.1, -0.05) is 6.92 Å². The first kappa shape index (κ1) is 20.2. The quantitative estimate of drug-likeness (QED) is 0.589. The molecule has 0 fully saturated rings. The van der Waals surface area contributed by atoms with E-state index in [-0.39, 0.29) is 22.6 Å². The lowest BCUT2D eigenvalue weighted by atomic mass is 10.1. The molecule has 1 aromatic carbocycles. The molecule has 1 N–H and O–H groups in total. The van der Waals surface area contributed by atoms with Crippen molar-refractivity contribution in [3.63, 3.8) is 0 Å². The SMILES string of the molecule is CCc1[nH]c(C(=O)OCC(=O)c2ccc(OC)c(F)c2)c(C)c1C(=O)OC. The number of rotatable bonds is 7. The van der Waals surface area contributed by atoms with Gasteiger partial charge >= 0.3 is 11.9 Å². The van der Waals surface area contributed by atoms with Gasteiger partial charge in [-0.15, -0.1) is 0 Å². The number of Topliss-reactive ketones (excluding diaryl/α,β-unsaturated/α-hetero) is 1. The molecule has 0 aliphatic rings. The lowest BCUT2D eigenvalue weighted by molar-refractivity contribution is 0.0468. The molecule has 1 aromatic heterocycles. The minimum absolute atomic E-state index is 0.00740. The molecular weight excluding hydrogens is 357 g/mol. The summed E-state index contributed by atoms with van der Waals surface area (Å²) in [5, 5.41) is 0. The standard InChI is InChI=1S/C19H20FNO6/c1-5-13-16(18(23)26-4)10(2)17(21-13)19(24)27-9-14(22)11-6-7-15(25-3)12(20)8-11/h6-8,21H,5,9H2,1-4H3. The Bertz CT molecular complexity index is 887. The van der Waals surface area contributed by atoms with Crippen molar-refractivity contribution < 1.29 is 33.0 Å². The van der Waals surface area contributed by atoms with E-state index in [2.05, 4.69) is 4.98 Å². The van der Waals surface area contributed by atoms with Crippen LogP contribution in [0.15, 0.2) is 18.2 Å². The van der Waals surface area contributed by atoms with Gasteiger partial charge in [-0.05, 0) is 37.1 Å². The molecule has 7 nitrogen and oxygen atoms in total. The van der Waals surface area contributed by atoms with Crippen molar-refractivity contribution in [3.8, 4) is 5.75 Å². The predicted molar refractivity (Wildman–Crippen MR) is 93.8 cm³/mol. The van der Waals surface area contributed by atoms with Crippen molar-refractivity contribution in [1.29, 1.82) is 0 Å². The third kappa shape index (κ3) is 4.16. The Morgan fingerprint density at radius 2 is 1.85 bits per heavy atom. The van der Waals surface area contributed by atoms with Crippen LogP contribution in [0, 0.1) is 12.7 Å². The summed E-state index contributed by atoms with van der Waals surface area (Å²) in [6.07, 6.45) is 0.475. The second-order valence-electron chi connectivity index (χ2n) is 5.67. The molecule has 0 bridgehead atoms. The van der Waals surface area contributed by atoms with Gasteiger partial charge in [0.15, 0.2) is 24.0 Å². The van der Waals surface area contributed by atoms with Crippen LogP contribution in [0.1, 0.15) is 49.4 Å². The number of ketones is 1. The van der Waals surface area contributed by atoms with Crippen LogP contribution in [0.5, 0.6) is 5.75 Å². The van der Waals surface area contributed by atoms with E-state index in [1.807, 2.05) is 6.92 Å². The molecule has 0 saturated heterocycles. The summed E-state index contributed by atoms with van der Waals surface area (Å²) in [6.45, 7) is 2.83. The zero-order chi connectivity index (χ0) is 20.1. The first-order valence-corrected chi connectivity index (χ1v) is 8.17. The fourth-order valence-corrected chi connectivity index (χ4v) is 2.63. The number of carbonyl (C=O) groups is 3. The van der Waals surface area contributed by atoms with E-state index in [9.17, 15) is 18.8 Å². The normalized spacial score (nSPS) is 10.4. The Kier molecular flexibility index (Phi) is 6.33. The number of aromatic amines is 1. The summed E-state index contributed by atoms with van der Waals surface area (Å²) in [4.78, 5) is 39.2. The highest BCUT2D eigenvalue weighted by molar-refractivity contribution is 6.01. The Balaban J connectivity index is 2.14. The number of methoxy groups -OCH3 is 2. The second kappa shape index (κ2) is 8.48. The van der Waals surface area contributed by atoms with Crippen LogP contribution in [0.25, 0.3) is 0 Å². The molecular formula is C19H20FNO6. The zero-order valence-corrected chi connectivity index (χ0v) is 15.5. The number of halogens is 1. The molecule has 2 aromatic rings. The van der Waals surface area contributed by atoms with Crippen LogP contribution in [-0.4, -0.2) is 43.5 Å². The van der Waals surface area contributed by atoms with Crippen molar-refractivity contribution in [1.82, 2.24) is 4.98 Å². The minimum atomic E-state index is -0.792. The largest absolute Gasteiger partial charge is 0.494 e. The van der Waals surface area contributed by atoms with Crippen LogP contribution >= 0.6 is 0 Å². The molecule has 2 rings (SSSR count). The van der Waals surface area contributed by atoms with Crippen LogP contribution in [-0.2, 0) is 15.9 Å². The Morgan fingerprint density at radius 1 is 1.15 bits per heavy atom. The first-order chi connectivity index (χ1) is 12.8. The maximum Gasteiger partial charge on any atom is 0.355 e. The number of aryl methyl sites for hydroxylation is 1. The number of nitrogens with one attached hydrogen (secondary N) is 1. The van der Waals surface area contributed by atoms with Gasteiger partial charge in [0.05, 0.1) is 19.8 Å². The number of benzene rings is 1. The molecule has 27 heavy (non-hydrogen) atoms. The topological polar surface area (TPSA) is 94.7 Å². The van der Waals surface area contributed by atoms with Gasteiger partial charge in [0.2, 0.25) is 0 Å². The highest BCUT2D eigenvalue weighted by Gasteiger charge is 2.25. The predicted octanol–water partition coefficient (Wildman–Crippen LogP) is 2.86. The van der Waals surface area contributed by atoms with Gasteiger partial charge in [0.25, 0.3) is 0 Å². The van der Waals surface area contributed by atoms with E-state index in [1.165, 1.54) is 26.4 Å².